The van der Waals surface area contributed by atoms with E-state index in [9.17, 15) is 0 Å². The maximum atomic E-state index is 4.62. The lowest BCUT2D eigenvalue weighted by Crippen LogP contribution is -2.17. The quantitative estimate of drug-likeness (QED) is 0.675. The standard InChI is InChI=1S/C12H14N2S/c1-7-9(3)15-11-6-4-5-10-13-8(2)12(7)14(10)11/h4-7,9H,1-3H3. The minimum atomic E-state index is 0.583. The molecule has 3 heterocycles. The Morgan fingerprint density at radius 3 is 2.93 bits per heavy atom. The lowest BCUT2D eigenvalue weighted by atomic mass is 10.0. The number of aromatic nitrogens is 2. The van der Waals surface area contributed by atoms with Crippen LogP contribution in [0.25, 0.3) is 5.65 Å². The summed E-state index contributed by atoms with van der Waals surface area (Å²) in [5, 5.41) is 1.96. The fraction of sp³-hybridized carbons (Fsp3) is 0.417. The Morgan fingerprint density at radius 2 is 2.13 bits per heavy atom. The highest BCUT2D eigenvalue weighted by molar-refractivity contribution is 7.99. The van der Waals surface area contributed by atoms with E-state index in [0.29, 0.717) is 11.2 Å². The zero-order chi connectivity index (χ0) is 10.6. The second-order valence-electron chi connectivity index (χ2n) is 4.25. The maximum absolute atomic E-state index is 4.62. The van der Waals surface area contributed by atoms with Crippen molar-refractivity contribution >= 4 is 17.4 Å². The van der Waals surface area contributed by atoms with Crippen molar-refractivity contribution in [3.8, 4) is 0 Å². The third kappa shape index (κ3) is 1.16. The van der Waals surface area contributed by atoms with Crippen molar-refractivity contribution in [3.05, 3.63) is 29.6 Å². The molecule has 3 rings (SSSR count). The van der Waals surface area contributed by atoms with Crippen molar-refractivity contribution in [2.45, 2.75) is 37.0 Å². The van der Waals surface area contributed by atoms with Gasteiger partial charge in [-0.1, -0.05) is 19.9 Å². The molecule has 2 aromatic heterocycles. The normalized spacial score (nSPS) is 24.7. The van der Waals surface area contributed by atoms with Gasteiger partial charge in [-0.3, -0.25) is 4.40 Å². The molecule has 0 amide bonds. The highest BCUT2D eigenvalue weighted by atomic mass is 32.2. The predicted octanol–water partition coefficient (Wildman–Crippen LogP) is 3.24. The summed E-state index contributed by atoms with van der Waals surface area (Å²) < 4.78 is 2.31. The summed E-state index contributed by atoms with van der Waals surface area (Å²) in [6, 6.07) is 6.37. The van der Waals surface area contributed by atoms with Gasteiger partial charge < -0.3 is 0 Å². The van der Waals surface area contributed by atoms with Gasteiger partial charge in [0.05, 0.1) is 16.4 Å². The molecule has 0 aliphatic carbocycles. The van der Waals surface area contributed by atoms with Crippen LogP contribution in [-0.4, -0.2) is 14.6 Å². The Labute approximate surface area is 93.7 Å². The highest BCUT2D eigenvalue weighted by Gasteiger charge is 2.27. The zero-order valence-electron chi connectivity index (χ0n) is 9.19. The number of aryl methyl sites for hydroxylation is 1. The van der Waals surface area contributed by atoms with Crippen LogP contribution in [0.4, 0.5) is 0 Å². The molecule has 0 saturated carbocycles. The number of nitrogens with zero attached hydrogens (tertiary/aromatic N) is 2. The molecule has 0 aromatic carbocycles. The van der Waals surface area contributed by atoms with Crippen molar-refractivity contribution in [1.29, 1.82) is 0 Å². The van der Waals surface area contributed by atoms with E-state index >= 15 is 0 Å². The van der Waals surface area contributed by atoms with E-state index < -0.39 is 0 Å². The lowest BCUT2D eigenvalue weighted by molar-refractivity contribution is 0.676. The van der Waals surface area contributed by atoms with E-state index in [1.807, 2.05) is 11.8 Å². The first kappa shape index (κ1) is 9.28. The molecular weight excluding hydrogens is 204 g/mol. The minimum absolute atomic E-state index is 0.583. The molecule has 0 saturated heterocycles. The van der Waals surface area contributed by atoms with E-state index in [1.54, 1.807) is 0 Å². The van der Waals surface area contributed by atoms with Crippen LogP contribution in [0, 0.1) is 6.92 Å². The van der Waals surface area contributed by atoms with Gasteiger partial charge in [0.2, 0.25) is 0 Å². The molecule has 2 aromatic rings. The third-order valence-corrected chi connectivity index (χ3v) is 4.61. The molecule has 1 aliphatic rings. The highest BCUT2D eigenvalue weighted by Crippen LogP contribution is 2.40. The van der Waals surface area contributed by atoms with Crippen LogP contribution in [0.1, 0.15) is 31.2 Å². The van der Waals surface area contributed by atoms with Gasteiger partial charge in [-0.2, -0.15) is 0 Å². The lowest BCUT2D eigenvalue weighted by Gasteiger charge is -2.26. The monoisotopic (exact) mass is 218 g/mol. The molecule has 3 heteroatoms. The van der Waals surface area contributed by atoms with Gasteiger partial charge in [-0.25, -0.2) is 4.98 Å². The summed E-state index contributed by atoms with van der Waals surface area (Å²) in [6.45, 7) is 6.71. The van der Waals surface area contributed by atoms with Crippen molar-refractivity contribution in [3.63, 3.8) is 0 Å². The smallest absolute Gasteiger partial charge is 0.138 e. The van der Waals surface area contributed by atoms with E-state index in [1.165, 1.54) is 16.4 Å². The fourth-order valence-corrected chi connectivity index (χ4v) is 3.51. The third-order valence-electron chi connectivity index (χ3n) is 3.27. The van der Waals surface area contributed by atoms with Gasteiger partial charge >= 0.3 is 0 Å². The van der Waals surface area contributed by atoms with E-state index in [2.05, 4.69) is 48.4 Å². The van der Waals surface area contributed by atoms with Crippen molar-refractivity contribution in [2.75, 3.05) is 0 Å². The number of hydrogen-bond acceptors (Lipinski definition) is 2. The van der Waals surface area contributed by atoms with Crippen LogP contribution < -0.4 is 0 Å². The van der Waals surface area contributed by atoms with Crippen molar-refractivity contribution in [1.82, 2.24) is 9.38 Å². The number of thioether (sulfide) groups is 1. The first-order valence-corrected chi connectivity index (χ1v) is 6.21. The first-order valence-electron chi connectivity index (χ1n) is 5.33. The Kier molecular flexibility index (Phi) is 1.87. The molecule has 15 heavy (non-hydrogen) atoms. The van der Waals surface area contributed by atoms with E-state index in [-0.39, 0.29) is 0 Å². The first-order chi connectivity index (χ1) is 7.18. The Balaban J connectivity index is 2.43. The molecule has 0 N–H and O–H groups in total. The molecule has 0 bridgehead atoms. The van der Waals surface area contributed by atoms with Crippen molar-refractivity contribution in [2.24, 2.45) is 0 Å². The molecule has 2 nitrogen and oxygen atoms in total. The maximum Gasteiger partial charge on any atom is 0.138 e. The van der Waals surface area contributed by atoms with Gasteiger partial charge in [0.15, 0.2) is 0 Å². The number of imidazole rings is 1. The molecule has 0 fully saturated rings. The molecule has 2 unspecified atom stereocenters. The fourth-order valence-electron chi connectivity index (χ4n) is 2.34. The Bertz CT molecular complexity index is 530. The molecule has 1 aliphatic heterocycles. The summed E-state index contributed by atoms with van der Waals surface area (Å²) in [5.74, 6) is 0.583. The zero-order valence-corrected chi connectivity index (χ0v) is 10.0. The predicted molar refractivity (Wildman–Crippen MR) is 63.7 cm³/mol. The van der Waals surface area contributed by atoms with Crippen LogP contribution in [0.15, 0.2) is 23.2 Å². The van der Waals surface area contributed by atoms with Crippen LogP contribution >= 0.6 is 11.8 Å². The summed E-state index contributed by atoms with van der Waals surface area (Å²) in [5.41, 5.74) is 3.67. The van der Waals surface area contributed by atoms with Crippen LogP contribution in [0.2, 0.25) is 0 Å². The molecule has 2 atom stereocenters. The molecule has 78 valence electrons. The molecule has 0 radical (unpaired) electrons. The summed E-state index contributed by atoms with van der Waals surface area (Å²) in [4.78, 5) is 4.62. The number of hydrogen-bond donors (Lipinski definition) is 0. The molecular formula is C12H14N2S. The van der Waals surface area contributed by atoms with Gasteiger partial charge in [0.1, 0.15) is 5.65 Å². The van der Waals surface area contributed by atoms with Gasteiger partial charge in [-0.15, -0.1) is 11.8 Å². The van der Waals surface area contributed by atoms with Gasteiger partial charge in [0.25, 0.3) is 0 Å². The topological polar surface area (TPSA) is 17.3 Å². The van der Waals surface area contributed by atoms with Crippen molar-refractivity contribution < 1.29 is 0 Å². The Hall–Kier alpha value is -0.960. The average Bonchev–Trinajstić information content (AvgIpc) is 2.53. The van der Waals surface area contributed by atoms with Crippen LogP contribution in [0.3, 0.4) is 0 Å². The largest absolute Gasteiger partial charge is 0.291 e. The SMILES string of the molecule is Cc1nc2cccc3n2c1C(C)C(C)S3. The average molecular weight is 218 g/mol. The molecule has 0 spiro atoms. The summed E-state index contributed by atoms with van der Waals surface area (Å²) >= 11 is 1.95. The second-order valence-corrected chi connectivity index (χ2v) is 5.65. The summed E-state index contributed by atoms with van der Waals surface area (Å²) in [7, 11) is 0. The van der Waals surface area contributed by atoms with E-state index in [0.717, 1.165) is 5.65 Å². The van der Waals surface area contributed by atoms with Gasteiger partial charge in [0, 0.05) is 11.2 Å². The summed E-state index contributed by atoms with van der Waals surface area (Å²) in [6.07, 6.45) is 0. The number of rotatable bonds is 0. The number of pyridine rings is 1. The van der Waals surface area contributed by atoms with Gasteiger partial charge in [-0.05, 0) is 19.1 Å². The minimum Gasteiger partial charge on any atom is -0.291 e. The van der Waals surface area contributed by atoms with Crippen LogP contribution in [-0.2, 0) is 0 Å². The van der Waals surface area contributed by atoms with Crippen LogP contribution in [0.5, 0.6) is 0 Å². The Morgan fingerprint density at radius 1 is 1.33 bits per heavy atom. The second kappa shape index (κ2) is 3.01. The van der Waals surface area contributed by atoms with E-state index in [4.69, 9.17) is 0 Å².